The van der Waals surface area contributed by atoms with Gasteiger partial charge in [-0.1, -0.05) is 61.9 Å². The van der Waals surface area contributed by atoms with E-state index in [1.54, 1.807) is 45.9 Å². The molecular weight excluding hydrogens is 514 g/mol. The predicted octanol–water partition coefficient (Wildman–Crippen LogP) is 3.80. The quantitative estimate of drug-likeness (QED) is 0.339. The van der Waals surface area contributed by atoms with Crippen molar-refractivity contribution in [3.05, 3.63) is 65.2 Å². The Kier molecular flexibility index (Phi) is 12.0. The van der Waals surface area contributed by atoms with E-state index in [9.17, 15) is 24.3 Å². The fraction of sp³-hybridized carbons (Fsp3) is 0.467. The van der Waals surface area contributed by atoms with Crippen LogP contribution in [0.5, 0.6) is 5.75 Å². The van der Waals surface area contributed by atoms with Crippen LogP contribution in [0.4, 0.5) is 4.79 Å². The lowest BCUT2D eigenvalue weighted by Crippen LogP contribution is -2.54. The van der Waals surface area contributed by atoms with Crippen LogP contribution in [-0.2, 0) is 30.3 Å². The number of phenolic OH excluding ortho intramolecular Hbond substituents is 1. The number of methoxy groups -OCH3 is 1. The number of rotatable bonds is 12. The Labute approximate surface area is 236 Å². The van der Waals surface area contributed by atoms with Crippen molar-refractivity contribution in [2.75, 3.05) is 20.2 Å². The summed E-state index contributed by atoms with van der Waals surface area (Å²) in [6, 6.07) is 11.7. The monoisotopic (exact) mass is 555 g/mol. The van der Waals surface area contributed by atoms with Crippen molar-refractivity contribution >= 4 is 23.9 Å². The van der Waals surface area contributed by atoms with Crippen molar-refractivity contribution in [1.29, 1.82) is 0 Å². The molecule has 2 aromatic rings. The molecule has 3 amide bonds. The zero-order valence-electron chi connectivity index (χ0n) is 24.2. The number of nitrogens with one attached hydrogen (secondary N) is 2. The van der Waals surface area contributed by atoms with E-state index in [2.05, 4.69) is 15.4 Å². The molecule has 40 heavy (non-hydrogen) atoms. The Bertz CT molecular complexity index is 1160. The van der Waals surface area contributed by atoms with E-state index in [0.29, 0.717) is 18.4 Å². The topological polar surface area (TPSA) is 134 Å². The van der Waals surface area contributed by atoms with Crippen LogP contribution in [0.15, 0.2) is 48.5 Å². The number of carbonyl (C=O) groups excluding carboxylic acids is 4. The van der Waals surface area contributed by atoms with Crippen LogP contribution in [-0.4, -0.2) is 65.7 Å². The molecule has 0 bridgehead atoms. The molecule has 0 heterocycles. The second-order valence-electron chi connectivity index (χ2n) is 10.5. The lowest BCUT2D eigenvalue weighted by atomic mass is 9.97. The van der Waals surface area contributed by atoms with E-state index >= 15 is 0 Å². The third kappa shape index (κ3) is 9.59. The zero-order chi connectivity index (χ0) is 29.9. The van der Waals surface area contributed by atoms with Crippen LogP contribution >= 0.6 is 0 Å². The Morgan fingerprint density at radius 1 is 1.02 bits per heavy atom. The molecule has 218 valence electrons. The Balaban J connectivity index is 2.58. The maximum Gasteiger partial charge on any atom is 0.408 e. The fourth-order valence-electron chi connectivity index (χ4n) is 4.08. The van der Waals surface area contributed by atoms with Gasteiger partial charge >= 0.3 is 12.1 Å². The van der Waals surface area contributed by atoms with Gasteiger partial charge in [-0.15, -0.1) is 0 Å². The number of unbranched alkanes of at least 4 members (excludes halogenated alkanes) is 1. The number of hydrogen-bond acceptors (Lipinski definition) is 7. The largest absolute Gasteiger partial charge is 0.507 e. The van der Waals surface area contributed by atoms with Crippen LogP contribution < -0.4 is 10.6 Å². The minimum atomic E-state index is -1.29. The molecule has 2 atom stereocenters. The van der Waals surface area contributed by atoms with E-state index in [4.69, 9.17) is 4.74 Å². The Hall–Kier alpha value is -4.08. The third-order valence-corrected chi connectivity index (χ3v) is 6.07. The van der Waals surface area contributed by atoms with Gasteiger partial charge in [0.2, 0.25) is 11.8 Å². The number of esters is 1. The molecule has 0 spiro atoms. The van der Waals surface area contributed by atoms with Crippen molar-refractivity contribution in [3.63, 3.8) is 0 Å². The average Bonchev–Trinajstić information content (AvgIpc) is 2.90. The predicted molar refractivity (Wildman–Crippen MR) is 151 cm³/mol. The number of para-hydroxylation sites is 1. The van der Waals surface area contributed by atoms with Crippen LogP contribution in [0, 0.1) is 6.92 Å². The molecule has 0 aromatic heterocycles. The lowest BCUT2D eigenvalue weighted by molar-refractivity contribution is -0.144. The van der Waals surface area contributed by atoms with E-state index in [1.807, 2.05) is 37.3 Å². The molecule has 0 saturated heterocycles. The second-order valence-corrected chi connectivity index (χ2v) is 10.5. The molecule has 10 heteroatoms. The maximum absolute atomic E-state index is 14.3. The number of nitrogens with zero attached hydrogens (tertiary/aromatic N) is 1. The van der Waals surface area contributed by atoms with Gasteiger partial charge in [-0.3, -0.25) is 14.4 Å². The summed E-state index contributed by atoms with van der Waals surface area (Å²) in [4.78, 5) is 53.8. The summed E-state index contributed by atoms with van der Waals surface area (Å²) >= 11 is 0. The molecule has 0 radical (unpaired) electrons. The number of alkyl carbamates (subject to hydrolysis) is 1. The van der Waals surface area contributed by atoms with Crippen molar-refractivity contribution in [2.45, 2.75) is 71.6 Å². The number of ether oxygens (including phenoxy) is 2. The van der Waals surface area contributed by atoms with Gasteiger partial charge < -0.3 is 30.1 Å². The lowest BCUT2D eigenvalue weighted by Gasteiger charge is -2.35. The summed E-state index contributed by atoms with van der Waals surface area (Å²) in [6.45, 7) is 8.52. The van der Waals surface area contributed by atoms with Crippen LogP contribution in [0.3, 0.4) is 0 Å². The molecule has 2 rings (SSSR count). The summed E-state index contributed by atoms with van der Waals surface area (Å²) < 4.78 is 10.1. The number of aryl methyl sites for hydroxylation is 1. The smallest absolute Gasteiger partial charge is 0.408 e. The number of amides is 3. The molecule has 0 aliphatic carbocycles. The van der Waals surface area contributed by atoms with Crippen molar-refractivity contribution in [1.82, 2.24) is 15.5 Å². The van der Waals surface area contributed by atoms with Gasteiger partial charge in [0.05, 0.1) is 7.11 Å². The van der Waals surface area contributed by atoms with E-state index < -0.39 is 48.1 Å². The molecular formula is C30H41N3O7. The molecule has 0 fully saturated rings. The van der Waals surface area contributed by atoms with Gasteiger partial charge in [-0.2, -0.15) is 0 Å². The highest BCUT2D eigenvalue weighted by atomic mass is 16.6. The van der Waals surface area contributed by atoms with Crippen molar-refractivity contribution < 1.29 is 33.8 Å². The molecule has 0 saturated carbocycles. The minimum absolute atomic E-state index is 0.137. The molecule has 0 aliphatic heterocycles. The normalized spacial score (nSPS) is 12.6. The second kappa shape index (κ2) is 14.9. The molecule has 3 N–H and O–H groups in total. The maximum atomic E-state index is 14.3. The summed E-state index contributed by atoms with van der Waals surface area (Å²) in [5.74, 6) is -2.02. The molecule has 10 nitrogen and oxygen atoms in total. The number of hydrogen-bond donors (Lipinski definition) is 3. The number of carbonyl (C=O) groups is 4. The van der Waals surface area contributed by atoms with Crippen molar-refractivity contribution in [3.8, 4) is 5.75 Å². The number of benzene rings is 2. The molecule has 0 aliphatic rings. The van der Waals surface area contributed by atoms with E-state index in [1.165, 1.54) is 12.0 Å². The van der Waals surface area contributed by atoms with Gasteiger partial charge in [0, 0.05) is 18.5 Å². The first kappa shape index (κ1) is 32.1. The first-order valence-electron chi connectivity index (χ1n) is 13.3. The van der Waals surface area contributed by atoms with E-state index in [-0.39, 0.29) is 24.3 Å². The summed E-state index contributed by atoms with van der Waals surface area (Å²) in [5.41, 5.74) is 0.703. The fourth-order valence-corrected chi connectivity index (χ4v) is 4.08. The van der Waals surface area contributed by atoms with Crippen LogP contribution in [0.25, 0.3) is 0 Å². The summed E-state index contributed by atoms with van der Waals surface area (Å²) in [5, 5.41) is 16.2. The SMILES string of the molecule is CCCCN(C(=O)C(Cc1ccccc1)NC(=O)OC(C)(C)C)C(C(=O)NCC(=O)OC)c1cccc(C)c1O. The first-order valence-corrected chi connectivity index (χ1v) is 13.3. The Morgan fingerprint density at radius 2 is 1.70 bits per heavy atom. The number of aromatic hydroxyl groups is 1. The number of phenols is 1. The minimum Gasteiger partial charge on any atom is -0.507 e. The van der Waals surface area contributed by atoms with Crippen molar-refractivity contribution in [2.24, 2.45) is 0 Å². The summed E-state index contributed by atoms with van der Waals surface area (Å²) in [7, 11) is 1.20. The van der Waals surface area contributed by atoms with Gasteiger partial charge in [0.25, 0.3) is 0 Å². The summed E-state index contributed by atoms with van der Waals surface area (Å²) in [6.07, 6.45) is 0.618. The molecule has 2 aromatic carbocycles. The standard InChI is InChI=1S/C30H41N3O7/c1-7-8-17-33(25(27(36)31-19-24(34)39-6)22-16-12-13-20(2)26(22)35)28(37)23(18-21-14-10-9-11-15-21)32-29(38)40-30(3,4)5/h9-16,23,25,35H,7-8,17-19H2,1-6H3,(H,31,36)(H,32,38). The van der Waals surface area contributed by atoms with Gasteiger partial charge in [0.1, 0.15) is 30.0 Å². The highest BCUT2D eigenvalue weighted by molar-refractivity contribution is 5.93. The van der Waals surface area contributed by atoms with E-state index in [0.717, 1.165) is 5.56 Å². The van der Waals surface area contributed by atoms with Crippen LogP contribution in [0.2, 0.25) is 0 Å². The zero-order valence-corrected chi connectivity index (χ0v) is 24.2. The molecule has 2 unspecified atom stereocenters. The first-order chi connectivity index (χ1) is 18.9. The van der Waals surface area contributed by atoms with Gasteiger partial charge in [-0.05, 0) is 45.2 Å². The van der Waals surface area contributed by atoms with Crippen LogP contribution in [0.1, 0.15) is 63.3 Å². The van der Waals surface area contributed by atoms with Gasteiger partial charge in [0.15, 0.2) is 0 Å². The average molecular weight is 556 g/mol. The van der Waals surface area contributed by atoms with Gasteiger partial charge in [-0.25, -0.2) is 4.79 Å². The highest BCUT2D eigenvalue weighted by Crippen LogP contribution is 2.32. The highest BCUT2D eigenvalue weighted by Gasteiger charge is 2.37. The Morgan fingerprint density at radius 3 is 2.30 bits per heavy atom. The third-order valence-electron chi connectivity index (χ3n) is 6.07.